The minimum absolute atomic E-state index is 0.129. The highest BCUT2D eigenvalue weighted by Gasteiger charge is 2.37. The van der Waals surface area contributed by atoms with Gasteiger partial charge >= 0.3 is 0 Å². The minimum atomic E-state index is 0.129. The molecule has 112 valence electrons. The van der Waals surface area contributed by atoms with Crippen LogP contribution in [0.15, 0.2) is 18.2 Å². The molecule has 3 nitrogen and oxygen atoms in total. The second kappa shape index (κ2) is 6.59. The summed E-state index contributed by atoms with van der Waals surface area (Å²) in [5, 5.41) is 0. The van der Waals surface area contributed by atoms with Gasteiger partial charge in [0.2, 0.25) is 0 Å². The van der Waals surface area contributed by atoms with Gasteiger partial charge in [0.25, 0.3) is 0 Å². The van der Waals surface area contributed by atoms with Crippen LogP contribution in [-0.4, -0.2) is 37.2 Å². The van der Waals surface area contributed by atoms with Gasteiger partial charge in [-0.05, 0) is 62.0 Å². The molecule has 1 aromatic carbocycles. The number of benzene rings is 1. The molecule has 3 heteroatoms. The molecule has 0 saturated carbocycles. The maximum absolute atomic E-state index is 6.20. The fraction of sp³-hybridized carbons (Fsp3) is 0.647. The van der Waals surface area contributed by atoms with Crippen LogP contribution >= 0.6 is 0 Å². The SMILES string of the molecule is CCCN(CC)C1(CN)CCc2ccc(OC)cc2C1. The van der Waals surface area contributed by atoms with Gasteiger partial charge in [0, 0.05) is 12.1 Å². The first-order valence-electron chi connectivity index (χ1n) is 7.80. The number of nitrogens with zero attached hydrogens (tertiary/aromatic N) is 1. The van der Waals surface area contributed by atoms with Gasteiger partial charge in [-0.2, -0.15) is 0 Å². The summed E-state index contributed by atoms with van der Waals surface area (Å²) < 4.78 is 5.37. The maximum atomic E-state index is 6.20. The summed E-state index contributed by atoms with van der Waals surface area (Å²) in [6.07, 6.45) is 4.51. The van der Waals surface area contributed by atoms with Gasteiger partial charge in [0.1, 0.15) is 5.75 Å². The number of methoxy groups -OCH3 is 1. The quantitative estimate of drug-likeness (QED) is 0.868. The zero-order chi connectivity index (χ0) is 14.6. The van der Waals surface area contributed by atoms with Gasteiger partial charge in [0.05, 0.1) is 7.11 Å². The second-order valence-corrected chi connectivity index (χ2v) is 5.82. The summed E-state index contributed by atoms with van der Waals surface area (Å²) in [5.41, 5.74) is 9.20. The predicted octanol–water partition coefficient (Wildman–Crippen LogP) is 2.61. The van der Waals surface area contributed by atoms with Crippen LogP contribution in [0.1, 0.15) is 37.8 Å². The van der Waals surface area contributed by atoms with Crippen LogP contribution in [0.3, 0.4) is 0 Å². The molecule has 1 atom stereocenters. The Morgan fingerprint density at radius 3 is 2.70 bits per heavy atom. The Hall–Kier alpha value is -1.06. The summed E-state index contributed by atoms with van der Waals surface area (Å²) in [6, 6.07) is 6.47. The topological polar surface area (TPSA) is 38.5 Å². The van der Waals surface area contributed by atoms with Crippen molar-refractivity contribution in [1.29, 1.82) is 0 Å². The summed E-state index contributed by atoms with van der Waals surface area (Å²) >= 11 is 0. The van der Waals surface area contributed by atoms with Gasteiger partial charge in [-0.25, -0.2) is 0 Å². The Bertz CT molecular complexity index is 447. The third kappa shape index (κ3) is 2.84. The van der Waals surface area contributed by atoms with E-state index >= 15 is 0 Å². The van der Waals surface area contributed by atoms with Gasteiger partial charge in [-0.1, -0.05) is 19.9 Å². The van der Waals surface area contributed by atoms with Crippen molar-refractivity contribution in [3.05, 3.63) is 29.3 Å². The fourth-order valence-corrected chi connectivity index (χ4v) is 3.52. The Morgan fingerprint density at radius 1 is 1.30 bits per heavy atom. The first kappa shape index (κ1) is 15.3. The highest BCUT2D eigenvalue weighted by molar-refractivity contribution is 5.39. The van der Waals surface area contributed by atoms with Crippen molar-refractivity contribution in [1.82, 2.24) is 4.90 Å². The number of rotatable bonds is 6. The molecule has 1 aliphatic carbocycles. The van der Waals surface area contributed by atoms with E-state index in [4.69, 9.17) is 10.5 Å². The van der Waals surface area contributed by atoms with Crippen LogP contribution in [0, 0.1) is 0 Å². The van der Waals surface area contributed by atoms with E-state index in [0.29, 0.717) is 0 Å². The number of nitrogens with two attached hydrogens (primary N) is 1. The van der Waals surface area contributed by atoms with Crippen molar-refractivity contribution < 1.29 is 4.74 Å². The van der Waals surface area contributed by atoms with Gasteiger partial charge in [-0.3, -0.25) is 4.90 Å². The summed E-state index contributed by atoms with van der Waals surface area (Å²) in [6.45, 7) is 7.43. The zero-order valence-corrected chi connectivity index (χ0v) is 13.1. The number of aryl methyl sites for hydroxylation is 1. The van der Waals surface area contributed by atoms with Crippen LogP contribution in [0.5, 0.6) is 5.75 Å². The third-order valence-electron chi connectivity index (χ3n) is 4.72. The Kier molecular flexibility index (Phi) is 5.06. The van der Waals surface area contributed by atoms with Crippen molar-refractivity contribution in [3.63, 3.8) is 0 Å². The number of hydrogen-bond donors (Lipinski definition) is 1. The molecule has 20 heavy (non-hydrogen) atoms. The van der Waals surface area contributed by atoms with Crippen molar-refractivity contribution in [2.24, 2.45) is 5.73 Å². The molecule has 0 heterocycles. The molecule has 1 unspecified atom stereocenters. The average molecular weight is 276 g/mol. The lowest BCUT2D eigenvalue weighted by atomic mass is 9.76. The lowest BCUT2D eigenvalue weighted by molar-refractivity contribution is 0.0847. The second-order valence-electron chi connectivity index (χ2n) is 5.82. The number of likely N-dealkylation sites (N-methyl/N-ethyl adjacent to an activating group) is 1. The van der Waals surface area contributed by atoms with Crippen molar-refractivity contribution in [2.75, 3.05) is 26.7 Å². The minimum Gasteiger partial charge on any atom is -0.497 e. The third-order valence-corrected chi connectivity index (χ3v) is 4.72. The van der Waals surface area contributed by atoms with Crippen LogP contribution in [0.4, 0.5) is 0 Å². The number of hydrogen-bond acceptors (Lipinski definition) is 3. The van der Waals surface area contributed by atoms with Crippen LogP contribution in [-0.2, 0) is 12.8 Å². The van der Waals surface area contributed by atoms with Gasteiger partial charge < -0.3 is 10.5 Å². The molecule has 0 bridgehead atoms. The Labute approximate surface area is 123 Å². The van der Waals surface area contributed by atoms with E-state index in [2.05, 4.69) is 36.9 Å². The van der Waals surface area contributed by atoms with Crippen LogP contribution in [0.2, 0.25) is 0 Å². The molecule has 1 aromatic rings. The molecule has 2 N–H and O–H groups in total. The van der Waals surface area contributed by atoms with E-state index in [0.717, 1.165) is 44.6 Å². The predicted molar refractivity (Wildman–Crippen MR) is 84.3 cm³/mol. The van der Waals surface area contributed by atoms with E-state index in [-0.39, 0.29) is 5.54 Å². The van der Waals surface area contributed by atoms with E-state index in [1.165, 1.54) is 17.5 Å². The largest absolute Gasteiger partial charge is 0.497 e. The molecule has 0 saturated heterocycles. The molecule has 0 aliphatic heterocycles. The van der Waals surface area contributed by atoms with Crippen LogP contribution in [0.25, 0.3) is 0 Å². The number of ether oxygens (including phenoxy) is 1. The first-order valence-corrected chi connectivity index (χ1v) is 7.80. The smallest absolute Gasteiger partial charge is 0.119 e. The normalized spacial score (nSPS) is 21.9. The first-order chi connectivity index (χ1) is 9.69. The van der Waals surface area contributed by atoms with E-state index in [9.17, 15) is 0 Å². The molecule has 0 fully saturated rings. The van der Waals surface area contributed by atoms with Crippen LogP contribution < -0.4 is 10.5 Å². The molecule has 0 amide bonds. The van der Waals surface area contributed by atoms with Gasteiger partial charge in [0.15, 0.2) is 0 Å². The van der Waals surface area contributed by atoms with Crippen molar-refractivity contribution in [2.45, 2.75) is 45.1 Å². The molecule has 1 aliphatic rings. The van der Waals surface area contributed by atoms with Crippen molar-refractivity contribution >= 4 is 0 Å². The molecule has 2 rings (SSSR count). The average Bonchev–Trinajstić information content (AvgIpc) is 2.51. The maximum Gasteiger partial charge on any atom is 0.119 e. The summed E-state index contributed by atoms with van der Waals surface area (Å²) in [7, 11) is 1.73. The fourth-order valence-electron chi connectivity index (χ4n) is 3.52. The van der Waals surface area contributed by atoms with E-state index in [1.807, 2.05) is 0 Å². The summed E-state index contributed by atoms with van der Waals surface area (Å²) in [5.74, 6) is 0.954. The monoisotopic (exact) mass is 276 g/mol. The highest BCUT2D eigenvalue weighted by Crippen LogP contribution is 2.34. The highest BCUT2D eigenvalue weighted by atomic mass is 16.5. The standard InChI is InChI=1S/C17H28N2O/c1-4-10-19(5-2)17(13-18)9-8-14-6-7-16(20-3)11-15(14)12-17/h6-7,11H,4-5,8-10,12-13,18H2,1-3H3. The lowest BCUT2D eigenvalue weighted by Crippen LogP contribution is -2.57. The zero-order valence-electron chi connectivity index (χ0n) is 13.1. The molecule has 0 aromatic heterocycles. The molecular formula is C17H28N2O. The van der Waals surface area contributed by atoms with E-state index in [1.54, 1.807) is 7.11 Å². The Morgan fingerprint density at radius 2 is 2.10 bits per heavy atom. The lowest BCUT2D eigenvalue weighted by Gasteiger charge is -2.46. The van der Waals surface area contributed by atoms with Crippen molar-refractivity contribution in [3.8, 4) is 5.75 Å². The number of fused-ring (bicyclic) bond motifs is 1. The molecule has 0 spiro atoms. The summed E-state index contributed by atoms with van der Waals surface area (Å²) in [4.78, 5) is 2.58. The Balaban J connectivity index is 2.29. The molecule has 0 radical (unpaired) electrons. The van der Waals surface area contributed by atoms with E-state index < -0.39 is 0 Å². The molecular weight excluding hydrogens is 248 g/mol. The van der Waals surface area contributed by atoms with Gasteiger partial charge in [-0.15, -0.1) is 0 Å².